The quantitative estimate of drug-likeness (QED) is 0.0931. The van der Waals surface area contributed by atoms with Gasteiger partial charge in [0, 0.05) is 97.4 Å². The zero-order valence-corrected chi connectivity index (χ0v) is 49.9. The smallest absolute Gasteiger partial charge is 0.351 e. The zero-order chi connectivity index (χ0) is 61.4. The van der Waals surface area contributed by atoms with Crippen molar-refractivity contribution in [2.75, 3.05) is 17.2 Å². The fraction of sp³-hybridized carbons (Fsp3) is 0.333. The highest BCUT2D eigenvalue weighted by Crippen LogP contribution is 2.43. The number of anilines is 2. The topological polar surface area (TPSA) is 126 Å². The van der Waals surface area contributed by atoms with E-state index in [9.17, 15) is 22.8 Å². The van der Waals surface area contributed by atoms with Gasteiger partial charge in [-0.15, -0.1) is 0 Å². The Bertz CT molecular complexity index is 3820. The number of carbonyl (C=O) groups is 2. The van der Waals surface area contributed by atoms with Crippen LogP contribution in [0.5, 0.6) is 0 Å². The van der Waals surface area contributed by atoms with Crippen LogP contribution in [-0.2, 0) is 75.7 Å². The van der Waals surface area contributed by atoms with Crippen LogP contribution in [0.3, 0.4) is 0 Å². The van der Waals surface area contributed by atoms with Crippen molar-refractivity contribution in [1.29, 1.82) is 0 Å². The Balaban J connectivity index is 0.000000204. The number of rotatable bonds is 14. The maximum atomic E-state index is 15.9. The van der Waals surface area contributed by atoms with Gasteiger partial charge in [-0.05, 0) is 134 Å². The highest BCUT2D eigenvalue weighted by Gasteiger charge is 2.39. The number of amides is 3. The van der Waals surface area contributed by atoms with Crippen molar-refractivity contribution < 1.29 is 40.3 Å². The number of benzene rings is 6. The molecule has 11 nitrogen and oxygen atoms in total. The molecule has 0 saturated heterocycles. The molecule has 0 unspecified atom stereocenters. The van der Waals surface area contributed by atoms with Crippen LogP contribution in [0.15, 0.2) is 97.1 Å². The van der Waals surface area contributed by atoms with Crippen molar-refractivity contribution in [2.24, 2.45) is 5.73 Å². The first-order chi connectivity index (χ1) is 40.3. The predicted molar refractivity (Wildman–Crippen MR) is 320 cm³/mol. The number of para-hydroxylation sites is 2. The number of nitrogens with two attached hydrogens (primary N) is 1. The van der Waals surface area contributed by atoms with Crippen LogP contribution < -0.4 is 16.4 Å². The van der Waals surface area contributed by atoms with Crippen molar-refractivity contribution >= 4 is 34.9 Å². The van der Waals surface area contributed by atoms with Crippen molar-refractivity contribution in [3.63, 3.8) is 0 Å². The van der Waals surface area contributed by atoms with Crippen molar-refractivity contribution in [3.05, 3.63) is 198 Å². The molecule has 0 atom stereocenters. The maximum absolute atomic E-state index is 15.9. The van der Waals surface area contributed by atoms with Gasteiger partial charge in [0.05, 0.1) is 51.1 Å². The highest BCUT2D eigenvalue weighted by atomic mass is 35.5. The van der Waals surface area contributed by atoms with Gasteiger partial charge >= 0.3 is 12.2 Å². The second kappa shape index (κ2) is 25.0. The number of aryl methyl sites for hydroxylation is 6. The number of urea groups is 1. The van der Waals surface area contributed by atoms with Gasteiger partial charge in [-0.25, -0.2) is 31.7 Å². The molecule has 2 aromatic heterocycles. The van der Waals surface area contributed by atoms with Crippen LogP contribution in [-0.4, -0.2) is 53.4 Å². The number of nitrogens with one attached hydrogen (secondary N) is 2. The molecule has 85 heavy (non-hydrogen) atoms. The first-order valence-corrected chi connectivity index (χ1v) is 28.9. The minimum absolute atomic E-state index is 0.0147. The minimum Gasteiger partial charge on any atom is -0.351 e. The normalized spacial score (nSPS) is 14.1. The van der Waals surface area contributed by atoms with Gasteiger partial charge in [-0.2, -0.15) is 23.4 Å². The number of primary amides is 1. The average molecular weight is 1190 g/mol. The fourth-order valence-electron chi connectivity index (χ4n) is 11.7. The monoisotopic (exact) mass is 1190 g/mol. The zero-order valence-electron chi connectivity index (χ0n) is 49.1. The molecule has 0 fully saturated rings. The van der Waals surface area contributed by atoms with Crippen LogP contribution in [0.1, 0.15) is 121 Å². The van der Waals surface area contributed by atoms with E-state index in [1.807, 2.05) is 67.9 Å². The van der Waals surface area contributed by atoms with E-state index in [1.54, 1.807) is 11.6 Å². The molecule has 0 spiro atoms. The molecule has 4 N–H and O–H groups in total. The average Bonchev–Trinajstić information content (AvgIpc) is 1.68. The van der Waals surface area contributed by atoms with E-state index in [2.05, 4.69) is 60.3 Å². The Kier molecular flexibility index (Phi) is 18.2. The van der Waals surface area contributed by atoms with Gasteiger partial charge in [0.1, 0.15) is 23.3 Å². The van der Waals surface area contributed by atoms with E-state index >= 15 is 17.6 Å². The van der Waals surface area contributed by atoms with Crippen LogP contribution in [0, 0.1) is 37.1 Å². The summed E-state index contributed by atoms with van der Waals surface area (Å²) in [5.74, 6) is -3.47. The fourth-order valence-corrected chi connectivity index (χ4v) is 11.9. The Morgan fingerprint density at radius 3 is 1.59 bits per heavy atom. The van der Waals surface area contributed by atoms with Gasteiger partial charge in [-0.1, -0.05) is 87.8 Å². The lowest BCUT2D eigenvalue weighted by Crippen LogP contribution is -2.47. The lowest BCUT2D eigenvalue weighted by atomic mass is 9.87. The molecule has 2 aliphatic rings. The standard InChI is InChI=1S/C33H36ClF2N5O.C33H33F5N4O/c1-6-20-9-8-10-21(7-2)30(20)41-31(24-14-27(36)28(15-26(24)35)38-32(37)42)25-18-40(33(4,5)16-29(25)39-41)17-22-11-12-23(34)13-19(22)3;1-5-21-8-7-9-22(6-2)31(21)42-32(25-15-28(35)30(16-27(25)34)39-20(4)43)26-18-41(13-12-29(26)40-42)17-23-10-11-24(14-19(23)3)33(36,37)38/h8-15H,6-7,16-18H2,1-5H3,(H3,37,38,42);7-11,14-16H,5-6,12-13,17-18H2,1-4H3,(H,39,43). The lowest BCUT2D eigenvalue weighted by molar-refractivity contribution is -0.137. The largest absolute Gasteiger partial charge is 0.416 e. The second-order valence-corrected chi connectivity index (χ2v) is 22.9. The molecule has 10 rings (SSSR count). The summed E-state index contributed by atoms with van der Waals surface area (Å²) in [6.07, 6.45) is -0.379. The number of hydrogen-bond donors (Lipinski definition) is 3. The summed E-state index contributed by atoms with van der Waals surface area (Å²) in [7, 11) is 0. The Morgan fingerprint density at radius 1 is 0.624 bits per heavy atom. The molecule has 6 aromatic carbocycles. The third-order valence-corrected chi connectivity index (χ3v) is 16.5. The Morgan fingerprint density at radius 2 is 1.11 bits per heavy atom. The van der Waals surface area contributed by atoms with E-state index in [-0.39, 0.29) is 28.0 Å². The van der Waals surface area contributed by atoms with Crippen LogP contribution >= 0.6 is 11.6 Å². The third kappa shape index (κ3) is 12.9. The third-order valence-electron chi connectivity index (χ3n) is 16.3. The summed E-state index contributed by atoms with van der Waals surface area (Å²) in [5, 5.41) is 15.3. The number of halogens is 8. The number of fused-ring (bicyclic) bond motifs is 2. The first-order valence-electron chi connectivity index (χ1n) is 28.5. The van der Waals surface area contributed by atoms with Crippen molar-refractivity contribution in [3.8, 4) is 33.9 Å². The SMILES string of the molecule is CCc1cccc(CC)c1-n1nc2c(c1-c1cc(F)c(NC(C)=O)cc1F)CN(Cc1ccc(C(F)(F)F)cc1C)CC2.CCc1cccc(CC)c1-n1nc2c(c1-c1cc(F)c(NC(N)=O)cc1F)CN(Cc1ccc(Cl)cc1C)C(C)(C)C2. The van der Waals surface area contributed by atoms with Crippen molar-refractivity contribution in [1.82, 2.24) is 29.4 Å². The number of aromatic nitrogens is 4. The molecule has 4 heterocycles. The van der Waals surface area contributed by atoms with Gasteiger partial charge < -0.3 is 16.4 Å². The molecule has 0 radical (unpaired) electrons. The lowest BCUT2D eigenvalue weighted by Gasteiger charge is -2.42. The number of carbonyl (C=O) groups excluding carboxylic acids is 2. The highest BCUT2D eigenvalue weighted by molar-refractivity contribution is 6.30. The molecular formula is C66H69ClF7N9O2. The molecule has 2 aliphatic heterocycles. The molecule has 19 heteroatoms. The van der Waals surface area contributed by atoms with Crippen molar-refractivity contribution in [2.45, 2.75) is 139 Å². The first kappa shape index (κ1) is 61.8. The van der Waals surface area contributed by atoms with Crippen LogP contribution in [0.2, 0.25) is 5.02 Å². The Labute approximate surface area is 496 Å². The number of hydrogen-bond acceptors (Lipinski definition) is 6. The van der Waals surface area contributed by atoms with Crippen LogP contribution in [0.4, 0.5) is 46.9 Å². The molecule has 3 amide bonds. The van der Waals surface area contributed by atoms with Gasteiger partial charge in [0.25, 0.3) is 0 Å². The molecule has 8 aromatic rings. The summed E-state index contributed by atoms with van der Waals surface area (Å²) in [6.45, 7) is 20.0. The summed E-state index contributed by atoms with van der Waals surface area (Å²) in [4.78, 5) is 27.4. The summed E-state index contributed by atoms with van der Waals surface area (Å²) < 4.78 is 106. The van der Waals surface area contributed by atoms with E-state index < -0.39 is 46.9 Å². The molecule has 0 bridgehead atoms. The summed E-state index contributed by atoms with van der Waals surface area (Å²) in [5.41, 5.74) is 17.3. The molecule has 446 valence electrons. The van der Waals surface area contributed by atoms with Gasteiger partial charge in [0.15, 0.2) is 0 Å². The summed E-state index contributed by atoms with van der Waals surface area (Å²) in [6, 6.07) is 24.9. The van der Waals surface area contributed by atoms with E-state index in [4.69, 9.17) is 27.5 Å². The second-order valence-electron chi connectivity index (χ2n) is 22.4. The van der Waals surface area contributed by atoms with E-state index in [0.29, 0.717) is 80.4 Å². The van der Waals surface area contributed by atoms with E-state index in [0.717, 1.165) is 122 Å². The van der Waals surface area contributed by atoms with Gasteiger partial charge in [0.2, 0.25) is 5.91 Å². The Hall–Kier alpha value is -7.80. The van der Waals surface area contributed by atoms with E-state index in [1.165, 1.54) is 13.0 Å². The molecule has 0 saturated carbocycles. The minimum atomic E-state index is -4.42. The molecule has 0 aliphatic carbocycles. The van der Waals surface area contributed by atoms with Gasteiger partial charge in [-0.3, -0.25) is 14.6 Å². The number of nitrogens with zero attached hydrogens (tertiary/aromatic N) is 6. The predicted octanol–water partition coefficient (Wildman–Crippen LogP) is 15.5. The molecular weight excluding hydrogens is 1120 g/mol. The van der Waals surface area contributed by atoms with Crippen LogP contribution in [0.25, 0.3) is 33.9 Å². The number of alkyl halides is 3. The summed E-state index contributed by atoms with van der Waals surface area (Å²) >= 11 is 6.23. The maximum Gasteiger partial charge on any atom is 0.416 e.